The van der Waals surface area contributed by atoms with Crippen molar-refractivity contribution in [3.63, 3.8) is 0 Å². The molecule has 2 aromatic rings. The molecule has 0 bridgehead atoms. The average molecular weight is 321 g/mol. The fraction of sp³-hybridized carbons (Fsp3) is 0.350. The van der Waals surface area contributed by atoms with Crippen LogP contribution in [0, 0.1) is 11.3 Å². The molecule has 1 saturated heterocycles. The average Bonchev–Trinajstić information content (AvgIpc) is 2.67. The standard InChI is InChI=1S/C20H23N3O/c21-14-17-6-8-18(9-7-17)15-22-20(19-4-2-1-3-5-19)16-23-10-12-24-13-11-23/h1-9,20,22H,10-13,15-16H2/t20-/m1/s1. The summed E-state index contributed by atoms with van der Waals surface area (Å²) in [6.07, 6.45) is 0. The van der Waals surface area contributed by atoms with Crippen LogP contribution in [0.2, 0.25) is 0 Å². The molecule has 1 fully saturated rings. The van der Waals surface area contributed by atoms with Crippen molar-refractivity contribution in [1.29, 1.82) is 5.26 Å². The second-order valence-corrected chi connectivity index (χ2v) is 6.07. The van der Waals surface area contributed by atoms with Crippen molar-refractivity contribution in [2.45, 2.75) is 12.6 Å². The van der Waals surface area contributed by atoms with Gasteiger partial charge in [-0.05, 0) is 23.3 Å². The minimum atomic E-state index is 0.278. The zero-order valence-electron chi connectivity index (χ0n) is 13.8. The van der Waals surface area contributed by atoms with Crippen LogP contribution in [0.3, 0.4) is 0 Å². The lowest BCUT2D eigenvalue weighted by atomic mass is 10.1. The summed E-state index contributed by atoms with van der Waals surface area (Å²) in [6.45, 7) is 5.37. The molecule has 1 atom stereocenters. The Morgan fingerprint density at radius 2 is 1.75 bits per heavy atom. The van der Waals surface area contributed by atoms with Gasteiger partial charge in [-0.1, -0.05) is 42.5 Å². The predicted molar refractivity (Wildman–Crippen MR) is 94.4 cm³/mol. The molecule has 0 unspecified atom stereocenters. The first-order chi connectivity index (χ1) is 11.8. The Hall–Kier alpha value is -2.19. The first-order valence-corrected chi connectivity index (χ1v) is 8.42. The second kappa shape index (κ2) is 8.60. The van der Waals surface area contributed by atoms with Gasteiger partial charge >= 0.3 is 0 Å². The first-order valence-electron chi connectivity index (χ1n) is 8.42. The van der Waals surface area contributed by atoms with E-state index in [4.69, 9.17) is 10.00 Å². The van der Waals surface area contributed by atoms with E-state index in [1.54, 1.807) is 0 Å². The third-order valence-electron chi connectivity index (χ3n) is 4.38. The number of benzene rings is 2. The number of rotatable bonds is 6. The maximum Gasteiger partial charge on any atom is 0.0991 e. The summed E-state index contributed by atoms with van der Waals surface area (Å²) in [4.78, 5) is 2.45. The number of hydrogen-bond acceptors (Lipinski definition) is 4. The number of nitriles is 1. The van der Waals surface area contributed by atoms with Crippen molar-refractivity contribution < 1.29 is 4.74 Å². The van der Waals surface area contributed by atoms with Gasteiger partial charge in [0.25, 0.3) is 0 Å². The summed E-state index contributed by atoms with van der Waals surface area (Å²) >= 11 is 0. The van der Waals surface area contributed by atoms with E-state index in [0.29, 0.717) is 5.56 Å². The highest BCUT2D eigenvalue weighted by Gasteiger charge is 2.17. The molecule has 4 nitrogen and oxygen atoms in total. The van der Waals surface area contributed by atoms with E-state index in [1.807, 2.05) is 24.3 Å². The van der Waals surface area contributed by atoms with Crippen molar-refractivity contribution in [2.75, 3.05) is 32.8 Å². The molecule has 124 valence electrons. The lowest BCUT2D eigenvalue weighted by molar-refractivity contribution is 0.0333. The monoisotopic (exact) mass is 321 g/mol. The third kappa shape index (κ3) is 4.65. The van der Waals surface area contributed by atoms with Gasteiger partial charge < -0.3 is 10.1 Å². The van der Waals surface area contributed by atoms with Crippen LogP contribution < -0.4 is 5.32 Å². The van der Waals surface area contributed by atoms with E-state index < -0.39 is 0 Å². The molecular weight excluding hydrogens is 298 g/mol. The zero-order chi connectivity index (χ0) is 16.6. The molecule has 0 aromatic heterocycles. The Balaban J connectivity index is 1.65. The molecule has 0 aliphatic carbocycles. The van der Waals surface area contributed by atoms with Crippen LogP contribution in [-0.2, 0) is 11.3 Å². The highest BCUT2D eigenvalue weighted by Crippen LogP contribution is 2.16. The Labute approximate surface area is 143 Å². The molecule has 1 aliphatic rings. The van der Waals surface area contributed by atoms with Crippen LogP contribution in [0.4, 0.5) is 0 Å². The number of nitrogens with one attached hydrogen (secondary N) is 1. The van der Waals surface area contributed by atoms with E-state index in [2.05, 4.69) is 46.6 Å². The van der Waals surface area contributed by atoms with Crippen LogP contribution in [0.25, 0.3) is 0 Å². The smallest absolute Gasteiger partial charge is 0.0991 e. The fourth-order valence-electron chi connectivity index (χ4n) is 2.95. The van der Waals surface area contributed by atoms with E-state index in [0.717, 1.165) is 39.4 Å². The highest BCUT2D eigenvalue weighted by molar-refractivity contribution is 5.31. The Kier molecular flexibility index (Phi) is 5.97. The maximum absolute atomic E-state index is 8.90. The Morgan fingerprint density at radius 3 is 2.42 bits per heavy atom. The van der Waals surface area contributed by atoms with Crippen molar-refractivity contribution in [3.05, 3.63) is 71.3 Å². The van der Waals surface area contributed by atoms with Gasteiger partial charge in [0.2, 0.25) is 0 Å². The number of hydrogen-bond donors (Lipinski definition) is 1. The number of nitrogens with zero attached hydrogens (tertiary/aromatic N) is 2. The fourth-order valence-corrected chi connectivity index (χ4v) is 2.95. The Bertz CT molecular complexity index is 658. The van der Waals surface area contributed by atoms with Crippen molar-refractivity contribution in [3.8, 4) is 6.07 Å². The third-order valence-corrected chi connectivity index (χ3v) is 4.38. The number of morpholine rings is 1. The van der Waals surface area contributed by atoms with Gasteiger partial charge in [0, 0.05) is 32.2 Å². The van der Waals surface area contributed by atoms with Gasteiger partial charge in [-0.15, -0.1) is 0 Å². The normalized spacial score (nSPS) is 16.5. The minimum absolute atomic E-state index is 0.278. The molecule has 24 heavy (non-hydrogen) atoms. The molecule has 0 radical (unpaired) electrons. The van der Waals surface area contributed by atoms with Crippen molar-refractivity contribution in [1.82, 2.24) is 10.2 Å². The molecule has 1 N–H and O–H groups in total. The minimum Gasteiger partial charge on any atom is -0.379 e. The lowest BCUT2D eigenvalue weighted by Crippen LogP contribution is -2.41. The van der Waals surface area contributed by atoms with Gasteiger partial charge in [0.05, 0.1) is 24.8 Å². The summed E-state index contributed by atoms with van der Waals surface area (Å²) in [7, 11) is 0. The van der Waals surface area contributed by atoms with E-state index in [-0.39, 0.29) is 6.04 Å². The molecule has 0 amide bonds. The van der Waals surface area contributed by atoms with Crippen LogP contribution in [0.15, 0.2) is 54.6 Å². The largest absolute Gasteiger partial charge is 0.379 e. The van der Waals surface area contributed by atoms with Crippen molar-refractivity contribution in [2.24, 2.45) is 0 Å². The Morgan fingerprint density at radius 1 is 1.04 bits per heavy atom. The summed E-state index contributed by atoms with van der Waals surface area (Å²) in [6, 6.07) is 20.8. The van der Waals surface area contributed by atoms with Crippen LogP contribution in [-0.4, -0.2) is 37.7 Å². The molecule has 1 heterocycles. The zero-order valence-corrected chi connectivity index (χ0v) is 13.8. The van der Waals surface area contributed by atoms with Crippen LogP contribution in [0.1, 0.15) is 22.7 Å². The molecular formula is C20H23N3O. The first kappa shape index (κ1) is 16.7. The van der Waals surface area contributed by atoms with Gasteiger partial charge in [-0.3, -0.25) is 4.90 Å². The molecule has 4 heteroatoms. The van der Waals surface area contributed by atoms with Crippen LogP contribution >= 0.6 is 0 Å². The molecule has 2 aromatic carbocycles. The maximum atomic E-state index is 8.90. The summed E-state index contributed by atoms with van der Waals surface area (Å²) in [5, 5.41) is 12.6. The van der Waals surface area contributed by atoms with Gasteiger partial charge in [-0.25, -0.2) is 0 Å². The summed E-state index contributed by atoms with van der Waals surface area (Å²) in [5.41, 5.74) is 3.20. The number of ether oxygens (including phenoxy) is 1. The second-order valence-electron chi connectivity index (χ2n) is 6.07. The molecule has 0 spiro atoms. The van der Waals surface area contributed by atoms with E-state index in [9.17, 15) is 0 Å². The predicted octanol–water partition coefficient (Wildman–Crippen LogP) is 2.72. The van der Waals surface area contributed by atoms with Crippen molar-refractivity contribution >= 4 is 0 Å². The lowest BCUT2D eigenvalue weighted by Gasteiger charge is -2.31. The molecule has 3 rings (SSSR count). The highest BCUT2D eigenvalue weighted by atomic mass is 16.5. The topological polar surface area (TPSA) is 48.3 Å². The van der Waals surface area contributed by atoms with Gasteiger partial charge in [0.15, 0.2) is 0 Å². The van der Waals surface area contributed by atoms with Gasteiger partial charge in [0.1, 0.15) is 0 Å². The molecule has 0 saturated carbocycles. The quantitative estimate of drug-likeness (QED) is 0.889. The van der Waals surface area contributed by atoms with E-state index >= 15 is 0 Å². The molecule has 1 aliphatic heterocycles. The van der Waals surface area contributed by atoms with E-state index in [1.165, 1.54) is 11.1 Å². The SMILES string of the molecule is N#Cc1ccc(CN[C@H](CN2CCOCC2)c2ccccc2)cc1. The summed E-state index contributed by atoms with van der Waals surface area (Å²) < 4.78 is 5.45. The summed E-state index contributed by atoms with van der Waals surface area (Å²) in [5.74, 6) is 0. The van der Waals surface area contributed by atoms with Gasteiger partial charge in [-0.2, -0.15) is 5.26 Å². The van der Waals surface area contributed by atoms with Crippen LogP contribution in [0.5, 0.6) is 0 Å².